The molecule has 0 unspecified atom stereocenters. The lowest BCUT2D eigenvalue weighted by molar-refractivity contribution is 0.0964. The summed E-state index contributed by atoms with van der Waals surface area (Å²) in [5.74, 6) is -1.25. The molecule has 0 bridgehead atoms. The van der Waals surface area contributed by atoms with Crippen LogP contribution >= 0.6 is 0 Å². The minimum atomic E-state index is -3.72. The summed E-state index contributed by atoms with van der Waals surface area (Å²) >= 11 is 0. The maximum atomic E-state index is 13.7. The number of furan rings is 1. The van der Waals surface area contributed by atoms with Crippen LogP contribution in [0.2, 0.25) is 0 Å². The van der Waals surface area contributed by atoms with E-state index in [1.54, 1.807) is 30.5 Å². The molecule has 5 rings (SSSR count). The summed E-state index contributed by atoms with van der Waals surface area (Å²) in [5.41, 5.74) is 2.42. The van der Waals surface area contributed by atoms with E-state index in [1.165, 1.54) is 48.9 Å². The molecule has 1 saturated heterocycles. The van der Waals surface area contributed by atoms with Crippen molar-refractivity contribution in [3.63, 3.8) is 0 Å². The Morgan fingerprint density at radius 3 is 2.55 bits per heavy atom. The molecule has 1 aliphatic rings. The Labute approximate surface area is 244 Å². The first-order chi connectivity index (χ1) is 19.9. The molecule has 1 N–H and O–H groups in total. The van der Waals surface area contributed by atoms with E-state index in [0.29, 0.717) is 47.2 Å². The van der Waals surface area contributed by atoms with Gasteiger partial charge in [-0.15, -0.1) is 0 Å². The van der Waals surface area contributed by atoms with Crippen molar-refractivity contribution in [3.05, 3.63) is 83.4 Å². The van der Waals surface area contributed by atoms with E-state index in [4.69, 9.17) is 4.42 Å². The standard InChI is InChI=1S/C29H31FN4O6S2/c1-31-29(35)27-24-14-23(21-7-5-13-34(17-21)42(38,39)18-19-6-4-12-32-16-19)25(33(2)41(3,36)37)15-26(24)40-28(27)20-8-10-22(30)11-9-20/h4,6,8-12,14-16,21H,5,7,13,17-18H2,1-3H3,(H,31,35)/t21-/m1/s1. The maximum Gasteiger partial charge on any atom is 0.255 e. The number of carbonyl (C=O) groups excluding carboxylic acids is 1. The molecule has 13 heteroatoms. The van der Waals surface area contributed by atoms with Crippen molar-refractivity contribution in [3.8, 4) is 11.3 Å². The highest BCUT2D eigenvalue weighted by Gasteiger charge is 2.33. The molecular formula is C29H31FN4O6S2. The molecule has 42 heavy (non-hydrogen) atoms. The van der Waals surface area contributed by atoms with Crippen LogP contribution in [0.1, 0.15) is 40.2 Å². The molecule has 1 atom stereocenters. The first kappa shape index (κ1) is 29.7. The molecule has 1 amide bonds. The highest BCUT2D eigenvalue weighted by atomic mass is 32.2. The van der Waals surface area contributed by atoms with Gasteiger partial charge < -0.3 is 9.73 Å². The average molecular weight is 615 g/mol. The summed E-state index contributed by atoms with van der Waals surface area (Å²) in [6, 6.07) is 12.2. The van der Waals surface area contributed by atoms with Crippen LogP contribution in [-0.4, -0.2) is 65.5 Å². The minimum absolute atomic E-state index is 0.136. The van der Waals surface area contributed by atoms with E-state index in [2.05, 4.69) is 10.3 Å². The van der Waals surface area contributed by atoms with Crippen molar-refractivity contribution in [1.29, 1.82) is 0 Å². The molecule has 0 saturated carbocycles. The van der Waals surface area contributed by atoms with Gasteiger partial charge in [0.2, 0.25) is 20.0 Å². The van der Waals surface area contributed by atoms with E-state index < -0.39 is 31.8 Å². The molecule has 0 aliphatic carbocycles. The van der Waals surface area contributed by atoms with Gasteiger partial charge in [0.05, 0.1) is 23.3 Å². The molecule has 1 fully saturated rings. The Balaban J connectivity index is 1.64. The molecule has 222 valence electrons. The van der Waals surface area contributed by atoms with Crippen LogP contribution in [-0.2, 0) is 25.8 Å². The molecule has 1 aliphatic heterocycles. The molecule has 10 nitrogen and oxygen atoms in total. The first-order valence-corrected chi connectivity index (χ1v) is 16.7. The Bertz CT molecular complexity index is 1840. The van der Waals surface area contributed by atoms with Crippen LogP contribution in [0, 0.1) is 5.82 Å². The third-order valence-corrected chi connectivity index (χ3v) is 10.5. The number of hydrogen-bond donors (Lipinski definition) is 1. The highest BCUT2D eigenvalue weighted by Crippen LogP contribution is 2.42. The van der Waals surface area contributed by atoms with Crippen molar-refractivity contribution in [2.75, 3.05) is 37.7 Å². The fourth-order valence-corrected chi connectivity index (χ4v) is 7.42. The third kappa shape index (κ3) is 5.90. The second-order valence-electron chi connectivity index (χ2n) is 10.3. The van der Waals surface area contributed by atoms with Crippen LogP contribution in [0.25, 0.3) is 22.3 Å². The number of piperidine rings is 1. The number of nitrogens with zero attached hydrogens (tertiary/aromatic N) is 3. The molecule has 2 aromatic carbocycles. The average Bonchev–Trinajstić information content (AvgIpc) is 3.34. The number of rotatable bonds is 8. The fourth-order valence-electron chi connectivity index (χ4n) is 5.32. The van der Waals surface area contributed by atoms with Crippen LogP contribution in [0.3, 0.4) is 0 Å². The van der Waals surface area contributed by atoms with Crippen molar-refractivity contribution < 1.29 is 30.4 Å². The molecule has 2 aromatic heterocycles. The second-order valence-corrected chi connectivity index (χ2v) is 14.3. The zero-order valence-corrected chi connectivity index (χ0v) is 25.0. The number of benzene rings is 2. The van der Waals surface area contributed by atoms with Crippen LogP contribution in [0.5, 0.6) is 0 Å². The third-order valence-electron chi connectivity index (χ3n) is 7.52. The van der Waals surface area contributed by atoms with Gasteiger partial charge in [-0.3, -0.25) is 14.1 Å². The van der Waals surface area contributed by atoms with Gasteiger partial charge in [-0.1, -0.05) is 6.07 Å². The van der Waals surface area contributed by atoms with E-state index in [0.717, 1.165) is 10.6 Å². The second kappa shape index (κ2) is 11.5. The molecule has 4 aromatic rings. The molecule has 3 heterocycles. The first-order valence-electron chi connectivity index (χ1n) is 13.3. The SMILES string of the molecule is CNC(=O)c1c(-c2ccc(F)cc2)oc2cc(N(C)S(C)(=O)=O)c([C@@H]3CCCN(S(=O)(=O)Cc4cccnc4)C3)cc12. The van der Waals surface area contributed by atoms with Crippen LogP contribution in [0.4, 0.5) is 10.1 Å². The normalized spacial score (nSPS) is 16.4. The summed E-state index contributed by atoms with van der Waals surface area (Å²) in [5, 5.41) is 3.05. The van der Waals surface area contributed by atoms with Crippen molar-refractivity contribution >= 4 is 42.6 Å². The minimum Gasteiger partial charge on any atom is -0.455 e. The smallest absolute Gasteiger partial charge is 0.255 e. The van der Waals surface area contributed by atoms with Gasteiger partial charge in [0.1, 0.15) is 17.2 Å². The number of fused-ring (bicyclic) bond motifs is 1. The Hall–Kier alpha value is -3.81. The number of halogens is 1. The zero-order valence-electron chi connectivity index (χ0n) is 23.4. The quantitative estimate of drug-likeness (QED) is 0.316. The van der Waals surface area contributed by atoms with Gasteiger partial charge >= 0.3 is 0 Å². The van der Waals surface area contributed by atoms with Crippen molar-refractivity contribution in [2.45, 2.75) is 24.5 Å². The van der Waals surface area contributed by atoms with Gasteiger partial charge in [-0.25, -0.2) is 25.5 Å². The zero-order chi connectivity index (χ0) is 30.2. The number of amides is 1. The topological polar surface area (TPSA) is 130 Å². The number of nitrogens with one attached hydrogen (secondary N) is 1. The number of sulfonamides is 2. The number of pyridine rings is 1. The monoisotopic (exact) mass is 614 g/mol. The van der Waals surface area contributed by atoms with E-state index in [1.807, 2.05) is 0 Å². The van der Waals surface area contributed by atoms with E-state index >= 15 is 0 Å². The lowest BCUT2D eigenvalue weighted by Crippen LogP contribution is -2.40. The van der Waals surface area contributed by atoms with E-state index in [9.17, 15) is 26.0 Å². The lowest BCUT2D eigenvalue weighted by Gasteiger charge is -2.34. The van der Waals surface area contributed by atoms with Gasteiger partial charge in [0.25, 0.3) is 5.91 Å². The largest absolute Gasteiger partial charge is 0.455 e. The van der Waals surface area contributed by atoms with Crippen molar-refractivity contribution in [1.82, 2.24) is 14.6 Å². The Morgan fingerprint density at radius 1 is 1.17 bits per heavy atom. The van der Waals surface area contributed by atoms with Gasteiger partial charge in [0, 0.05) is 56.6 Å². The van der Waals surface area contributed by atoms with Gasteiger partial charge in [-0.2, -0.15) is 0 Å². The number of carbonyl (C=O) groups is 1. The number of hydrogen-bond acceptors (Lipinski definition) is 7. The Morgan fingerprint density at radius 2 is 1.90 bits per heavy atom. The molecule has 0 radical (unpaired) electrons. The summed E-state index contributed by atoms with van der Waals surface area (Å²) in [6.07, 6.45) is 5.34. The number of anilines is 1. The predicted octanol–water partition coefficient (Wildman–Crippen LogP) is 4.10. The van der Waals surface area contributed by atoms with Crippen LogP contribution < -0.4 is 9.62 Å². The van der Waals surface area contributed by atoms with E-state index in [-0.39, 0.29) is 35.1 Å². The van der Waals surface area contributed by atoms with Gasteiger partial charge in [0.15, 0.2) is 0 Å². The lowest BCUT2D eigenvalue weighted by atomic mass is 9.89. The molecular weight excluding hydrogens is 583 g/mol. The summed E-state index contributed by atoms with van der Waals surface area (Å²) in [7, 11) is -4.51. The van der Waals surface area contributed by atoms with Crippen molar-refractivity contribution in [2.24, 2.45) is 0 Å². The fraction of sp³-hybridized carbons (Fsp3) is 0.310. The summed E-state index contributed by atoms with van der Waals surface area (Å²) < 4.78 is 74.5. The van der Waals surface area contributed by atoms with Gasteiger partial charge in [-0.05, 0) is 66.3 Å². The summed E-state index contributed by atoms with van der Waals surface area (Å²) in [6.45, 7) is 0.471. The Kier molecular flexibility index (Phi) is 8.10. The maximum absolute atomic E-state index is 13.7. The predicted molar refractivity (Wildman–Crippen MR) is 159 cm³/mol. The van der Waals surface area contributed by atoms with Crippen LogP contribution in [0.15, 0.2) is 65.3 Å². The summed E-state index contributed by atoms with van der Waals surface area (Å²) in [4.78, 5) is 17.1. The highest BCUT2D eigenvalue weighted by molar-refractivity contribution is 7.92. The molecule has 0 spiro atoms. The number of aromatic nitrogens is 1.